The Morgan fingerprint density at radius 1 is 1.32 bits per heavy atom. The van der Waals surface area contributed by atoms with Crippen molar-refractivity contribution in [1.29, 1.82) is 0 Å². The van der Waals surface area contributed by atoms with Crippen LogP contribution in [0.5, 0.6) is 0 Å². The molecule has 0 atom stereocenters. The van der Waals surface area contributed by atoms with Gasteiger partial charge in [0.1, 0.15) is 5.69 Å². The maximum atomic E-state index is 11.9. The Morgan fingerprint density at radius 2 is 2.16 bits per heavy atom. The van der Waals surface area contributed by atoms with Crippen molar-refractivity contribution < 1.29 is 4.79 Å². The van der Waals surface area contributed by atoms with E-state index in [1.54, 1.807) is 0 Å². The lowest BCUT2D eigenvalue weighted by molar-refractivity contribution is 0.102. The largest absolute Gasteiger partial charge is 0.321 e. The summed E-state index contributed by atoms with van der Waals surface area (Å²) in [7, 11) is 0. The Morgan fingerprint density at radius 3 is 2.79 bits per heavy atom. The monoisotopic (exact) mass is 257 g/mol. The van der Waals surface area contributed by atoms with Crippen LogP contribution < -0.4 is 16.6 Å². The first-order valence-electron chi connectivity index (χ1n) is 5.92. The molecule has 1 aromatic heterocycles. The second-order valence-electron chi connectivity index (χ2n) is 3.94. The highest BCUT2D eigenvalue weighted by molar-refractivity contribution is 6.02. The van der Waals surface area contributed by atoms with E-state index in [1.807, 2.05) is 24.3 Å². The molecule has 0 bridgehead atoms. The van der Waals surface area contributed by atoms with Crippen LogP contribution in [-0.2, 0) is 6.42 Å². The molecular formula is C13H15N5O. The highest BCUT2D eigenvalue weighted by atomic mass is 16.1. The molecule has 0 fully saturated rings. The zero-order valence-corrected chi connectivity index (χ0v) is 10.6. The normalized spacial score (nSPS) is 10.0. The maximum Gasteiger partial charge on any atom is 0.275 e. The smallest absolute Gasteiger partial charge is 0.275 e. The summed E-state index contributed by atoms with van der Waals surface area (Å²) in [4.78, 5) is 19.9. The fourth-order valence-electron chi connectivity index (χ4n) is 1.58. The number of nitrogen functional groups attached to an aromatic ring is 1. The van der Waals surface area contributed by atoms with Crippen LogP contribution in [-0.4, -0.2) is 15.9 Å². The van der Waals surface area contributed by atoms with Crippen LogP contribution in [0.15, 0.2) is 36.7 Å². The number of hydrogen-bond donors (Lipinski definition) is 3. The number of carbonyl (C=O) groups is 1. The van der Waals surface area contributed by atoms with Crippen LogP contribution in [0.2, 0.25) is 0 Å². The van der Waals surface area contributed by atoms with Crippen LogP contribution in [0.4, 0.5) is 11.5 Å². The summed E-state index contributed by atoms with van der Waals surface area (Å²) >= 11 is 0. The summed E-state index contributed by atoms with van der Waals surface area (Å²) in [6.07, 6.45) is 3.69. The molecule has 6 nitrogen and oxygen atoms in total. The van der Waals surface area contributed by atoms with E-state index < -0.39 is 0 Å². The van der Waals surface area contributed by atoms with E-state index in [4.69, 9.17) is 5.84 Å². The second kappa shape index (κ2) is 5.92. The number of aryl methyl sites for hydroxylation is 1. The van der Waals surface area contributed by atoms with Crippen molar-refractivity contribution in [3.05, 3.63) is 47.9 Å². The van der Waals surface area contributed by atoms with E-state index in [1.165, 1.54) is 12.4 Å². The highest BCUT2D eigenvalue weighted by Gasteiger charge is 2.08. The summed E-state index contributed by atoms with van der Waals surface area (Å²) < 4.78 is 0. The summed E-state index contributed by atoms with van der Waals surface area (Å²) in [5, 5.41) is 2.78. The summed E-state index contributed by atoms with van der Waals surface area (Å²) in [5.41, 5.74) is 4.49. The van der Waals surface area contributed by atoms with Crippen LogP contribution in [0.25, 0.3) is 0 Å². The quantitative estimate of drug-likeness (QED) is 0.571. The van der Waals surface area contributed by atoms with E-state index in [0.29, 0.717) is 5.82 Å². The number of aromatic nitrogens is 2. The first-order valence-corrected chi connectivity index (χ1v) is 5.92. The van der Waals surface area contributed by atoms with Crippen molar-refractivity contribution in [2.24, 2.45) is 5.84 Å². The Hall–Kier alpha value is -2.47. The van der Waals surface area contributed by atoms with Gasteiger partial charge >= 0.3 is 0 Å². The Bertz CT molecular complexity index is 568. The molecule has 19 heavy (non-hydrogen) atoms. The standard InChI is InChI=1S/C13H15N5O/c1-2-9-4-3-5-10(6-9)17-13(19)11-7-16-12(18-14)8-15-11/h3-8H,2,14H2,1H3,(H,16,18)(H,17,19). The summed E-state index contributed by atoms with van der Waals surface area (Å²) in [6.45, 7) is 2.06. The van der Waals surface area contributed by atoms with E-state index in [9.17, 15) is 4.79 Å². The highest BCUT2D eigenvalue weighted by Crippen LogP contribution is 2.12. The molecule has 0 aliphatic heterocycles. The SMILES string of the molecule is CCc1cccc(NC(=O)c2cnc(NN)cn2)c1. The number of rotatable bonds is 4. The number of benzene rings is 1. The van der Waals surface area contributed by atoms with Gasteiger partial charge in [-0.1, -0.05) is 19.1 Å². The molecule has 0 radical (unpaired) electrons. The predicted molar refractivity (Wildman–Crippen MR) is 73.6 cm³/mol. The minimum Gasteiger partial charge on any atom is -0.321 e. The van der Waals surface area contributed by atoms with Crippen molar-refractivity contribution in [2.75, 3.05) is 10.7 Å². The van der Waals surface area contributed by atoms with Crippen molar-refractivity contribution >= 4 is 17.4 Å². The second-order valence-corrected chi connectivity index (χ2v) is 3.94. The number of nitrogens with two attached hydrogens (primary N) is 1. The molecule has 0 saturated carbocycles. The molecule has 2 aromatic rings. The minimum atomic E-state index is -0.302. The van der Waals surface area contributed by atoms with Crippen molar-refractivity contribution in [3.63, 3.8) is 0 Å². The molecule has 1 aromatic carbocycles. The van der Waals surface area contributed by atoms with Gasteiger partial charge in [-0.25, -0.2) is 15.8 Å². The lowest BCUT2D eigenvalue weighted by atomic mass is 10.1. The number of nitrogens with zero attached hydrogens (tertiary/aromatic N) is 2. The number of hydrazine groups is 1. The molecule has 0 aliphatic rings. The van der Waals surface area contributed by atoms with Gasteiger partial charge in [-0.3, -0.25) is 4.79 Å². The molecule has 4 N–H and O–H groups in total. The molecule has 0 saturated heterocycles. The van der Waals surface area contributed by atoms with Gasteiger partial charge in [0.2, 0.25) is 0 Å². The topological polar surface area (TPSA) is 92.9 Å². The van der Waals surface area contributed by atoms with Crippen LogP contribution in [0.1, 0.15) is 23.0 Å². The molecule has 0 aliphatic carbocycles. The van der Waals surface area contributed by atoms with Gasteiger partial charge < -0.3 is 10.7 Å². The Labute approximate surface area is 111 Å². The molecule has 2 rings (SSSR count). The fourth-order valence-corrected chi connectivity index (χ4v) is 1.58. The summed E-state index contributed by atoms with van der Waals surface area (Å²) in [5.74, 6) is 5.28. The zero-order chi connectivity index (χ0) is 13.7. The molecule has 0 unspecified atom stereocenters. The number of amides is 1. The predicted octanol–water partition coefficient (Wildman–Crippen LogP) is 1.58. The number of nitrogens with one attached hydrogen (secondary N) is 2. The van der Waals surface area contributed by atoms with Crippen LogP contribution in [0.3, 0.4) is 0 Å². The van der Waals surface area contributed by atoms with Crippen molar-refractivity contribution in [2.45, 2.75) is 13.3 Å². The van der Waals surface area contributed by atoms with Crippen LogP contribution in [0, 0.1) is 0 Å². The third-order valence-electron chi connectivity index (χ3n) is 2.63. The van der Waals surface area contributed by atoms with Gasteiger partial charge in [-0.15, -0.1) is 0 Å². The van der Waals surface area contributed by atoms with E-state index in [0.717, 1.165) is 17.7 Å². The van der Waals surface area contributed by atoms with E-state index in [-0.39, 0.29) is 11.6 Å². The first kappa shape index (κ1) is 13.0. The van der Waals surface area contributed by atoms with Gasteiger partial charge in [0.15, 0.2) is 5.82 Å². The fraction of sp³-hybridized carbons (Fsp3) is 0.154. The molecule has 0 spiro atoms. The van der Waals surface area contributed by atoms with Gasteiger partial charge in [-0.05, 0) is 24.1 Å². The van der Waals surface area contributed by atoms with Gasteiger partial charge in [0.25, 0.3) is 5.91 Å². The Balaban J connectivity index is 2.11. The van der Waals surface area contributed by atoms with Crippen molar-refractivity contribution in [1.82, 2.24) is 9.97 Å². The Kier molecular flexibility index (Phi) is 4.04. The maximum absolute atomic E-state index is 11.9. The van der Waals surface area contributed by atoms with Gasteiger partial charge in [-0.2, -0.15) is 0 Å². The van der Waals surface area contributed by atoms with Crippen LogP contribution >= 0.6 is 0 Å². The first-order chi connectivity index (χ1) is 9.22. The minimum absolute atomic E-state index is 0.237. The lowest BCUT2D eigenvalue weighted by Crippen LogP contribution is -2.15. The number of anilines is 2. The molecule has 1 heterocycles. The zero-order valence-electron chi connectivity index (χ0n) is 10.6. The van der Waals surface area contributed by atoms with E-state index >= 15 is 0 Å². The van der Waals surface area contributed by atoms with Gasteiger partial charge in [0, 0.05) is 5.69 Å². The third kappa shape index (κ3) is 3.26. The summed E-state index contributed by atoms with van der Waals surface area (Å²) in [6, 6.07) is 7.68. The lowest BCUT2D eigenvalue weighted by Gasteiger charge is -2.06. The number of hydrogen-bond acceptors (Lipinski definition) is 5. The third-order valence-corrected chi connectivity index (χ3v) is 2.63. The van der Waals surface area contributed by atoms with Gasteiger partial charge in [0.05, 0.1) is 12.4 Å². The van der Waals surface area contributed by atoms with E-state index in [2.05, 4.69) is 27.6 Å². The molecule has 1 amide bonds. The average Bonchev–Trinajstić information content (AvgIpc) is 2.47. The average molecular weight is 257 g/mol. The van der Waals surface area contributed by atoms with Crippen molar-refractivity contribution in [3.8, 4) is 0 Å². The number of carbonyl (C=O) groups excluding carboxylic acids is 1. The molecule has 98 valence electrons. The molecular weight excluding hydrogens is 242 g/mol. The molecule has 6 heteroatoms.